The maximum atomic E-state index is 12.4. The largest absolute Gasteiger partial charge is 0.341 e. The molecule has 1 amide bonds. The van der Waals surface area contributed by atoms with Crippen LogP contribution in [0.2, 0.25) is 0 Å². The molecule has 4 nitrogen and oxygen atoms in total. The predicted octanol–water partition coefficient (Wildman–Crippen LogP) is 1.27. The molecule has 0 aromatic heterocycles. The number of carbonyl (C=O) groups is 1. The Kier molecular flexibility index (Phi) is 6.18. The number of piperidine rings is 1. The van der Waals surface area contributed by atoms with Crippen LogP contribution in [0.15, 0.2) is 0 Å². The zero-order valence-electron chi connectivity index (χ0n) is 13.1. The first kappa shape index (κ1) is 16.1. The average molecular weight is 299 g/mol. The summed E-state index contributed by atoms with van der Waals surface area (Å²) in [5.41, 5.74) is 0. The van der Waals surface area contributed by atoms with Gasteiger partial charge in [-0.1, -0.05) is 0 Å². The number of likely N-dealkylation sites (tertiary alicyclic amines) is 1. The Balaban J connectivity index is 1.74. The van der Waals surface area contributed by atoms with Crippen LogP contribution >= 0.6 is 11.8 Å². The highest BCUT2D eigenvalue weighted by molar-refractivity contribution is 7.99. The van der Waals surface area contributed by atoms with Crippen LogP contribution in [-0.4, -0.2) is 72.5 Å². The quantitative estimate of drug-likeness (QED) is 0.848. The van der Waals surface area contributed by atoms with Crippen LogP contribution in [-0.2, 0) is 4.79 Å². The van der Waals surface area contributed by atoms with Gasteiger partial charge in [0.2, 0.25) is 5.91 Å². The summed E-state index contributed by atoms with van der Waals surface area (Å²) < 4.78 is 0. The predicted molar refractivity (Wildman–Crippen MR) is 86.2 cm³/mol. The fraction of sp³-hybridized carbons (Fsp3) is 0.933. The standard InChI is InChI=1S/C15H29N3OS/c1-12(2)17(3)10-13-4-7-18(8-5-13)15(19)14-11-20-9-6-16-14/h12-14,16H,4-11H2,1-3H3. The van der Waals surface area contributed by atoms with Crippen LogP contribution in [0.1, 0.15) is 26.7 Å². The Labute approximate surface area is 127 Å². The molecule has 0 saturated carbocycles. The van der Waals surface area contributed by atoms with E-state index in [9.17, 15) is 4.79 Å². The minimum atomic E-state index is 0.0589. The fourth-order valence-corrected chi connectivity index (χ4v) is 3.82. The highest BCUT2D eigenvalue weighted by atomic mass is 32.2. The van der Waals surface area contributed by atoms with E-state index in [0.717, 1.165) is 56.4 Å². The highest BCUT2D eigenvalue weighted by Crippen LogP contribution is 2.20. The molecule has 2 fully saturated rings. The zero-order chi connectivity index (χ0) is 14.5. The minimum absolute atomic E-state index is 0.0589. The lowest BCUT2D eigenvalue weighted by molar-refractivity contribution is -0.134. The lowest BCUT2D eigenvalue weighted by atomic mass is 9.95. The Morgan fingerprint density at radius 3 is 2.65 bits per heavy atom. The van der Waals surface area contributed by atoms with Gasteiger partial charge in [0.15, 0.2) is 0 Å². The number of hydrogen-bond acceptors (Lipinski definition) is 4. The topological polar surface area (TPSA) is 35.6 Å². The van der Waals surface area contributed by atoms with E-state index < -0.39 is 0 Å². The Morgan fingerprint density at radius 1 is 1.40 bits per heavy atom. The normalized spacial score (nSPS) is 25.4. The Morgan fingerprint density at radius 2 is 2.10 bits per heavy atom. The molecule has 1 atom stereocenters. The van der Waals surface area contributed by atoms with Crippen molar-refractivity contribution in [3.05, 3.63) is 0 Å². The highest BCUT2D eigenvalue weighted by Gasteiger charge is 2.29. The second-order valence-corrected chi connectivity index (χ2v) is 7.53. The molecule has 2 aliphatic rings. The molecule has 2 heterocycles. The monoisotopic (exact) mass is 299 g/mol. The Hall–Kier alpha value is -0.260. The summed E-state index contributed by atoms with van der Waals surface area (Å²) in [6.45, 7) is 8.50. The van der Waals surface area contributed by atoms with Crippen LogP contribution < -0.4 is 5.32 Å². The summed E-state index contributed by atoms with van der Waals surface area (Å²) in [4.78, 5) is 16.9. The molecule has 0 aromatic carbocycles. The summed E-state index contributed by atoms with van der Waals surface area (Å²) in [6, 6.07) is 0.668. The number of thioether (sulfide) groups is 1. The van der Waals surface area contributed by atoms with Crippen molar-refractivity contribution in [2.75, 3.05) is 44.7 Å². The first-order valence-electron chi connectivity index (χ1n) is 7.88. The van der Waals surface area contributed by atoms with Gasteiger partial charge in [-0.25, -0.2) is 0 Å². The van der Waals surface area contributed by atoms with E-state index in [0.29, 0.717) is 11.9 Å². The van der Waals surface area contributed by atoms with Crippen LogP contribution in [0.3, 0.4) is 0 Å². The number of carbonyl (C=O) groups excluding carboxylic acids is 1. The number of rotatable bonds is 4. The van der Waals surface area contributed by atoms with E-state index in [1.807, 2.05) is 11.8 Å². The molecule has 0 spiro atoms. The molecule has 2 rings (SSSR count). The van der Waals surface area contributed by atoms with Gasteiger partial charge in [0, 0.05) is 43.7 Å². The molecule has 0 aromatic rings. The molecule has 2 saturated heterocycles. The molecule has 1 unspecified atom stereocenters. The molecule has 5 heteroatoms. The minimum Gasteiger partial charge on any atom is -0.341 e. The molecule has 0 radical (unpaired) electrons. The van der Waals surface area contributed by atoms with Crippen LogP contribution in [0.25, 0.3) is 0 Å². The Bertz CT molecular complexity index is 310. The van der Waals surface area contributed by atoms with Crippen molar-refractivity contribution in [1.29, 1.82) is 0 Å². The van der Waals surface area contributed by atoms with Crippen LogP contribution in [0.5, 0.6) is 0 Å². The second kappa shape index (κ2) is 7.66. The fourth-order valence-electron chi connectivity index (χ4n) is 2.90. The average Bonchev–Trinajstić information content (AvgIpc) is 2.48. The molecule has 116 valence electrons. The molecule has 0 bridgehead atoms. The van der Waals surface area contributed by atoms with Gasteiger partial charge in [0.25, 0.3) is 0 Å². The third-order valence-electron chi connectivity index (χ3n) is 4.57. The van der Waals surface area contributed by atoms with E-state index >= 15 is 0 Å². The molecule has 2 aliphatic heterocycles. The van der Waals surface area contributed by atoms with Crippen molar-refractivity contribution in [3.8, 4) is 0 Å². The zero-order valence-corrected chi connectivity index (χ0v) is 13.9. The smallest absolute Gasteiger partial charge is 0.240 e. The van der Waals surface area contributed by atoms with Crippen molar-refractivity contribution < 1.29 is 4.79 Å². The van der Waals surface area contributed by atoms with Gasteiger partial charge in [-0.3, -0.25) is 4.79 Å². The van der Waals surface area contributed by atoms with Gasteiger partial charge in [-0.2, -0.15) is 11.8 Å². The van der Waals surface area contributed by atoms with Gasteiger partial charge in [0.05, 0.1) is 6.04 Å². The molecule has 0 aliphatic carbocycles. The second-order valence-electron chi connectivity index (χ2n) is 6.38. The third-order valence-corrected chi connectivity index (χ3v) is 5.64. The van der Waals surface area contributed by atoms with Crippen molar-refractivity contribution in [2.45, 2.75) is 38.8 Å². The van der Waals surface area contributed by atoms with Crippen LogP contribution in [0.4, 0.5) is 0 Å². The molecule has 1 N–H and O–H groups in total. The van der Waals surface area contributed by atoms with Crippen molar-refractivity contribution in [2.24, 2.45) is 5.92 Å². The van der Waals surface area contributed by atoms with Crippen LogP contribution in [0, 0.1) is 5.92 Å². The number of nitrogens with zero attached hydrogens (tertiary/aromatic N) is 2. The summed E-state index contributed by atoms with van der Waals surface area (Å²) in [6.07, 6.45) is 2.31. The van der Waals surface area contributed by atoms with Gasteiger partial charge in [-0.05, 0) is 39.7 Å². The molecular weight excluding hydrogens is 270 g/mol. The van der Waals surface area contributed by atoms with E-state index in [1.165, 1.54) is 0 Å². The SMILES string of the molecule is CC(C)N(C)CC1CCN(C(=O)C2CSCCN2)CC1. The maximum absolute atomic E-state index is 12.4. The van der Waals surface area contributed by atoms with Gasteiger partial charge in [-0.15, -0.1) is 0 Å². The lowest BCUT2D eigenvalue weighted by Gasteiger charge is -2.37. The maximum Gasteiger partial charge on any atom is 0.240 e. The van der Waals surface area contributed by atoms with Crippen molar-refractivity contribution in [1.82, 2.24) is 15.1 Å². The molecule has 20 heavy (non-hydrogen) atoms. The summed E-state index contributed by atoms with van der Waals surface area (Å²) >= 11 is 1.89. The summed E-state index contributed by atoms with van der Waals surface area (Å²) in [5, 5.41) is 3.35. The van der Waals surface area contributed by atoms with Crippen molar-refractivity contribution in [3.63, 3.8) is 0 Å². The summed E-state index contributed by atoms with van der Waals surface area (Å²) in [5.74, 6) is 3.15. The van der Waals surface area contributed by atoms with Gasteiger partial charge < -0.3 is 15.1 Å². The van der Waals surface area contributed by atoms with Gasteiger partial charge in [0.1, 0.15) is 0 Å². The lowest BCUT2D eigenvalue weighted by Crippen LogP contribution is -2.52. The van der Waals surface area contributed by atoms with E-state index in [-0.39, 0.29) is 6.04 Å². The number of nitrogens with one attached hydrogen (secondary N) is 1. The van der Waals surface area contributed by atoms with E-state index in [1.54, 1.807) is 0 Å². The van der Waals surface area contributed by atoms with Gasteiger partial charge >= 0.3 is 0 Å². The third kappa shape index (κ3) is 4.37. The van der Waals surface area contributed by atoms with Crippen molar-refractivity contribution >= 4 is 17.7 Å². The molecular formula is C15H29N3OS. The first-order valence-corrected chi connectivity index (χ1v) is 9.03. The first-order chi connectivity index (χ1) is 9.58. The van der Waals surface area contributed by atoms with E-state index in [4.69, 9.17) is 0 Å². The summed E-state index contributed by atoms with van der Waals surface area (Å²) in [7, 11) is 2.20. The number of hydrogen-bond donors (Lipinski definition) is 1. The number of amides is 1. The van der Waals surface area contributed by atoms with E-state index in [2.05, 4.69) is 36.0 Å².